The van der Waals surface area contributed by atoms with Gasteiger partial charge in [-0.2, -0.15) is 23.1 Å². The van der Waals surface area contributed by atoms with Crippen LogP contribution in [0.1, 0.15) is 12.8 Å². The van der Waals surface area contributed by atoms with Crippen LogP contribution in [0.5, 0.6) is 6.01 Å². The topological polar surface area (TPSA) is 83.4 Å². The molecule has 12 heteroatoms. The standard InChI is InChI=1S/C26H22ClF4N5O2/c27-17-6-2-4-13-3-1-5-15(20(13)17)22-21(28)23-16(10-32-22)24(35-25(34-23)38-8-7-26(29,30)31)36-11-14-9-19(37)18(12-36)33-14/h1-6,10,14,18-19,33,37H,7-9,11-12H2/t14?,18?,19-/m1/s1. The van der Waals surface area contributed by atoms with Crippen LogP contribution in [-0.4, -0.2) is 64.1 Å². The summed E-state index contributed by atoms with van der Waals surface area (Å²) in [4.78, 5) is 14.8. The maximum atomic E-state index is 16.2. The summed E-state index contributed by atoms with van der Waals surface area (Å²) in [5.41, 5.74) is 0.325. The van der Waals surface area contributed by atoms with Gasteiger partial charge in [-0.3, -0.25) is 4.98 Å². The average Bonchev–Trinajstić information content (AvgIpc) is 3.13. The summed E-state index contributed by atoms with van der Waals surface area (Å²) in [6, 6.07) is 10.1. The van der Waals surface area contributed by atoms with Gasteiger partial charge in [-0.25, -0.2) is 4.39 Å². The second-order valence-corrected chi connectivity index (χ2v) is 9.96. The summed E-state index contributed by atoms with van der Waals surface area (Å²) in [5, 5.41) is 15.8. The zero-order valence-electron chi connectivity index (χ0n) is 19.8. The Bertz CT molecular complexity index is 1530. The number of aromatic nitrogens is 3. The number of benzene rings is 2. The van der Waals surface area contributed by atoms with Gasteiger partial charge in [0.25, 0.3) is 0 Å². The molecule has 38 heavy (non-hydrogen) atoms. The molecule has 7 nitrogen and oxygen atoms in total. The van der Waals surface area contributed by atoms with Crippen molar-refractivity contribution in [3.05, 3.63) is 53.4 Å². The Kier molecular flexibility index (Phi) is 6.24. The molecule has 2 aliphatic rings. The van der Waals surface area contributed by atoms with E-state index < -0.39 is 31.1 Å². The van der Waals surface area contributed by atoms with E-state index in [4.69, 9.17) is 16.3 Å². The number of halogens is 5. The molecule has 3 atom stereocenters. The van der Waals surface area contributed by atoms with Crippen LogP contribution in [0.3, 0.4) is 0 Å². The van der Waals surface area contributed by atoms with Gasteiger partial charge >= 0.3 is 12.2 Å². The molecule has 0 radical (unpaired) electrons. The predicted octanol–water partition coefficient (Wildman–Crippen LogP) is 4.88. The minimum Gasteiger partial charge on any atom is -0.463 e. The highest BCUT2D eigenvalue weighted by molar-refractivity contribution is 6.36. The van der Waals surface area contributed by atoms with Crippen LogP contribution in [0.15, 0.2) is 42.6 Å². The van der Waals surface area contributed by atoms with Crippen LogP contribution >= 0.6 is 11.6 Å². The molecule has 0 spiro atoms. The first-order valence-electron chi connectivity index (χ1n) is 12.1. The Morgan fingerprint density at radius 3 is 2.68 bits per heavy atom. The molecule has 2 unspecified atom stereocenters. The Hall–Kier alpha value is -3.28. The maximum absolute atomic E-state index is 16.2. The van der Waals surface area contributed by atoms with Crippen molar-refractivity contribution in [2.45, 2.75) is 37.2 Å². The van der Waals surface area contributed by atoms with Gasteiger partial charge in [-0.05, 0) is 17.9 Å². The number of anilines is 1. The number of hydrogen-bond donors (Lipinski definition) is 2. The molecule has 2 aromatic carbocycles. The first-order chi connectivity index (χ1) is 18.2. The van der Waals surface area contributed by atoms with Crippen molar-refractivity contribution in [2.24, 2.45) is 0 Å². The third kappa shape index (κ3) is 4.59. The minimum atomic E-state index is -4.43. The first-order valence-corrected chi connectivity index (χ1v) is 12.5. The van der Waals surface area contributed by atoms with Crippen molar-refractivity contribution in [1.82, 2.24) is 20.3 Å². The number of aliphatic hydroxyl groups excluding tert-OH is 1. The predicted molar refractivity (Wildman–Crippen MR) is 135 cm³/mol. The molecule has 2 aromatic heterocycles. The summed E-state index contributed by atoms with van der Waals surface area (Å²) in [7, 11) is 0. The highest BCUT2D eigenvalue weighted by atomic mass is 35.5. The number of pyridine rings is 1. The fourth-order valence-electron chi connectivity index (χ4n) is 5.26. The zero-order chi connectivity index (χ0) is 26.6. The smallest absolute Gasteiger partial charge is 0.392 e. The lowest BCUT2D eigenvalue weighted by atomic mass is 10.0. The van der Waals surface area contributed by atoms with Crippen molar-refractivity contribution in [3.63, 3.8) is 0 Å². The third-order valence-corrected chi connectivity index (χ3v) is 7.28. The summed E-state index contributed by atoms with van der Waals surface area (Å²) in [6.45, 7) is 0.122. The highest BCUT2D eigenvalue weighted by Crippen LogP contribution is 2.38. The molecule has 6 rings (SSSR count). The lowest BCUT2D eigenvalue weighted by molar-refractivity contribution is -0.139. The SMILES string of the molecule is O[C@@H]1CC2CN(c3nc(OCCC(F)(F)F)nc4c(F)c(-c5cccc6cccc(Cl)c56)ncc34)CC1N2. The highest BCUT2D eigenvalue weighted by Gasteiger charge is 2.40. The summed E-state index contributed by atoms with van der Waals surface area (Å²) in [5.74, 6) is -0.478. The summed E-state index contributed by atoms with van der Waals surface area (Å²) in [6.07, 6.45) is -4.16. The van der Waals surface area contributed by atoms with Crippen LogP contribution in [0, 0.1) is 5.82 Å². The minimum absolute atomic E-state index is 0.00195. The van der Waals surface area contributed by atoms with E-state index in [1.807, 2.05) is 17.0 Å². The van der Waals surface area contributed by atoms with Gasteiger partial charge in [0, 0.05) is 41.3 Å². The van der Waals surface area contributed by atoms with Crippen LogP contribution in [0.2, 0.25) is 5.02 Å². The second-order valence-electron chi connectivity index (χ2n) is 9.55. The lowest BCUT2D eigenvalue weighted by Gasteiger charge is -2.34. The van der Waals surface area contributed by atoms with Crippen LogP contribution < -0.4 is 15.0 Å². The molecule has 0 aliphatic carbocycles. The van der Waals surface area contributed by atoms with Crippen LogP contribution in [-0.2, 0) is 0 Å². The molecule has 2 fully saturated rings. The molecule has 2 N–H and O–H groups in total. The second kappa shape index (κ2) is 9.48. The van der Waals surface area contributed by atoms with Crippen molar-refractivity contribution >= 4 is 39.1 Å². The number of piperazine rings is 1. The van der Waals surface area contributed by atoms with E-state index in [9.17, 15) is 18.3 Å². The number of alkyl halides is 3. The van der Waals surface area contributed by atoms with Gasteiger partial charge < -0.3 is 20.1 Å². The van der Waals surface area contributed by atoms with E-state index in [1.165, 1.54) is 6.20 Å². The van der Waals surface area contributed by atoms with Crippen molar-refractivity contribution < 1.29 is 27.4 Å². The molecule has 2 bridgehead atoms. The fourth-order valence-corrected chi connectivity index (χ4v) is 5.54. The molecule has 2 aliphatic heterocycles. The Morgan fingerprint density at radius 2 is 1.92 bits per heavy atom. The molecular formula is C26H22ClF4N5O2. The molecule has 4 heterocycles. The van der Waals surface area contributed by atoms with Crippen molar-refractivity contribution in [1.29, 1.82) is 0 Å². The van der Waals surface area contributed by atoms with Gasteiger partial charge in [0.15, 0.2) is 5.82 Å². The van der Waals surface area contributed by atoms with E-state index in [2.05, 4.69) is 20.3 Å². The summed E-state index contributed by atoms with van der Waals surface area (Å²) < 4.78 is 59.7. The van der Waals surface area contributed by atoms with E-state index in [0.29, 0.717) is 35.5 Å². The van der Waals surface area contributed by atoms with Crippen molar-refractivity contribution in [2.75, 3.05) is 24.6 Å². The zero-order valence-corrected chi connectivity index (χ0v) is 20.6. The summed E-state index contributed by atoms with van der Waals surface area (Å²) >= 11 is 6.45. The van der Waals surface area contributed by atoms with Gasteiger partial charge in [0.2, 0.25) is 0 Å². The molecule has 0 amide bonds. The van der Waals surface area contributed by atoms with Gasteiger partial charge in [0.1, 0.15) is 23.6 Å². The monoisotopic (exact) mass is 547 g/mol. The number of aliphatic hydroxyl groups is 1. The number of hydrogen-bond acceptors (Lipinski definition) is 7. The van der Waals surface area contributed by atoms with Gasteiger partial charge in [0.05, 0.1) is 24.0 Å². The Morgan fingerprint density at radius 1 is 1.13 bits per heavy atom. The number of nitrogens with one attached hydrogen (secondary N) is 1. The van der Waals surface area contributed by atoms with E-state index in [1.54, 1.807) is 24.3 Å². The normalized spacial score (nSPS) is 21.4. The first kappa shape index (κ1) is 25.0. The molecule has 4 aromatic rings. The van der Waals surface area contributed by atoms with E-state index >= 15 is 4.39 Å². The van der Waals surface area contributed by atoms with Crippen LogP contribution in [0.25, 0.3) is 32.9 Å². The number of nitrogens with zero attached hydrogens (tertiary/aromatic N) is 4. The number of rotatable bonds is 5. The van der Waals surface area contributed by atoms with Gasteiger partial charge in [-0.15, -0.1) is 0 Å². The molecular weight excluding hydrogens is 526 g/mol. The lowest BCUT2D eigenvalue weighted by Crippen LogP contribution is -2.53. The Labute approximate surface area is 219 Å². The quantitative estimate of drug-likeness (QED) is 0.345. The fraction of sp³-hybridized carbons (Fsp3) is 0.346. The Balaban J connectivity index is 1.49. The number of fused-ring (bicyclic) bond motifs is 4. The van der Waals surface area contributed by atoms with E-state index in [0.717, 1.165) is 5.39 Å². The average molecular weight is 548 g/mol. The third-order valence-electron chi connectivity index (χ3n) is 6.97. The largest absolute Gasteiger partial charge is 0.463 e. The van der Waals surface area contributed by atoms with Crippen molar-refractivity contribution in [3.8, 4) is 17.3 Å². The van der Waals surface area contributed by atoms with Gasteiger partial charge in [-0.1, -0.05) is 41.9 Å². The van der Waals surface area contributed by atoms with E-state index in [-0.39, 0.29) is 40.5 Å². The molecule has 198 valence electrons. The molecule has 2 saturated heterocycles. The number of ether oxygens (including phenoxy) is 1. The molecule has 0 saturated carbocycles. The maximum Gasteiger partial charge on any atom is 0.392 e. The van der Waals surface area contributed by atoms with Crippen LogP contribution in [0.4, 0.5) is 23.4 Å².